The first-order chi connectivity index (χ1) is 13.0. The number of carbonyl (C=O) groups excluding carboxylic acids is 1. The number of hydrogen-bond acceptors (Lipinski definition) is 4. The molecule has 0 bridgehead atoms. The van der Waals surface area contributed by atoms with E-state index in [4.69, 9.17) is 15.2 Å². The lowest BCUT2D eigenvalue weighted by Crippen LogP contribution is -2.46. The number of aryl methyl sites for hydroxylation is 1. The van der Waals surface area contributed by atoms with Crippen molar-refractivity contribution in [2.45, 2.75) is 26.4 Å². The number of anilines is 1. The van der Waals surface area contributed by atoms with Crippen molar-refractivity contribution in [3.8, 4) is 5.75 Å². The Morgan fingerprint density at radius 2 is 2.00 bits per heavy atom. The lowest BCUT2D eigenvalue weighted by molar-refractivity contribution is -0.130. The first-order valence-corrected chi connectivity index (χ1v) is 9.10. The Bertz CT molecular complexity index is 810. The Kier molecular flexibility index (Phi) is 7.80. The molecule has 0 atom stereocenters. The second kappa shape index (κ2) is 9.87. The number of amides is 1. The highest BCUT2D eigenvalue weighted by Gasteiger charge is 2.38. The van der Waals surface area contributed by atoms with Crippen molar-refractivity contribution in [1.82, 2.24) is 0 Å². The molecule has 1 aliphatic heterocycles. The van der Waals surface area contributed by atoms with Gasteiger partial charge in [0, 0.05) is 25.4 Å². The first-order valence-electron chi connectivity index (χ1n) is 9.10. The average Bonchev–Trinajstić information content (AvgIpc) is 2.68. The molecular weight excluding hydrogens is 383 g/mol. The van der Waals surface area contributed by atoms with Gasteiger partial charge in [0.2, 0.25) is 5.91 Å². The standard InChI is InChI=1S/C21H25FN2O3.ClH/c1-15-11-18(27-13-16-3-2-4-17(22)12-16)5-6-19(15)24-20(25)21(14-23)7-9-26-10-8-21;/h2-6,11-12H,7-10,13-14,23H2,1H3,(H,24,25);1H. The number of nitrogens with one attached hydrogen (secondary N) is 1. The van der Waals surface area contributed by atoms with Crippen LogP contribution >= 0.6 is 12.4 Å². The van der Waals surface area contributed by atoms with E-state index in [0.717, 1.165) is 16.8 Å². The van der Waals surface area contributed by atoms with Crippen molar-refractivity contribution < 1.29 is 18.7 Å². The second-order valence-electron chi connectivity index (χ2n) is 6.95. The van der Waals surface area contributed by atoms with Crippen molar-refractivity contribution in [3.05, 3.63) is 59.4 Å². The summed E-state index contributed by atoms with van der Waals surface area (Å²) >= 11 is 0. The van der Waals surface area contributed by atoms with Gasteiger partial charge in [-0.05, 0) is 61.2 Å². The van der Waals surface area contributed by atoms with Gasteiger partial charge in [-0.3, -0.25) is 4.79 Å². The van der Waals surface area contributed by atoms with Crippen molar-refractivity contribution in [3.63, 3.8) is 0 Å². The minimum atomic E-state index is -0.572. The van der Waals surface area contributed by atoms with E-state index in [0.29, 0.717) is 38.3 Å². The van der Waals surface area contributed by atoms with E-state index in [2.05, 4.69) is 5.32 Å². The molecule has 1 saturated heterocycles. The molecule has 1 heterocycles. The van der Waals surface area contributed by atoms with E-state index in [1.807, 2.05) is 25.1 Å². The third kappa shape index (κ3) is 5.22. The number of ether oxygens (including phenoxy) is 2. The quantitative estimate of drug-likeness (QED) is 0.761. The third-order valence-corrected chi connectivity index (χ3v) is 5.06. The van der Waals surface area contributed by atoms with E-state index in [1.165, 1.54) is 12.1 Å². The van der Waals surface area contributed by atoms with E-state index in [-0.39, 0.29) is 30.7 Å². The largest absolute Gasteiger partial charge is 0.489 e. The highest BCUT2D eigenvalue weighted by molar-refractivity contribution is 5.96. The summed E-state index contributed by atoms with van der Waals surface area (Å²) in [6.07, 6.45) is 1.26. The zero-order valence-corrected chi connectivity index (χ0v) is 16.7. The Balaban J connectivity index is 0.00000280. The van der Waals surface area contributed by atoms with E-state index >= 15 is 0 Å². The van der Waals surface area contributed by atoms with Crippen LogP contribution in [0.1, 0.15) is 24.0 Å². The summed E-state index contributed by atoms with van der Waals surface area (Å²) < 4.78 is 24.3. The second-order valence-corrected chi connectivity index (χ2v) is 6.95. The number of carbonyl (C=O) groups is 1. The Morgan fingerprint density at radius 1 is 1.25 bits per heavy atom. The summed E-state index contributed by atoms with van der Waals surface area (Å²) in [6, 6.07) is 11.8. The van der Waals surface area contributed by atoms with Crippen LogP contribution in [0.4, 0.5) is 10.1 Å². The molecule has 28 heavy (non-hydrogen) atoms. The van der Waals surface area contributed by atoms with E-state index < -0.39 is 5.41 Å². The molecule has 2 aromatic carbocycles. The van der Waals surface area contributed by atoms with Crippen LogP contribution in [0, 0.1) is 18.2 Å². The predicted molar refractivity (Wildman–Crippen MR) is 109 cm³/mol. The van der Waals surface area contributed by atoms with Gasteiger partial charge in [0.25, 0.3) is 0 Å². The number of halogens is 2. The minimum Gasteiger partial charge on any atom is -0.489 e. The molecule has 0 saturated carbocycles. The zero-order valence-electron chi connectivity index (χ0n) is 15.9. The van der Waals surface area contributed by atoms with Gasteiger partial charge >= 0.3 is 0 Å². The van der Waals surface area contributed by atoms with Crippen LogP contribution in [0.15, 0.2) is 42.5 Å². The monoisotopic (exact) mass is 408 g/mol. The fraction of sp³-hybridized carbons (Fsp3) is 0.381. The average molecular weight is 409 g/mol. The fourth-order valence-corrected chi connectivity index (χ4v) is 3.20. The van der Waals surface area contributed by atoms with Gasteiger partial charge in [0.15, 0.2) is 0 Å². The summed E-state index contributed by atoms with van der Waals surface area (Å²) in [5.74, 6) is 0.312. The van der Waals surface area contributed by atoms with Crippen LogP contribution in [0.25, 0.3) is 0 Å². The van der Waals surface area contributed by atoms with Crippen molar-refractivity contribution in [1.29, 1.82) is 0 Å². The van der Waals surface area contributed by atoms with Crippen LogP contribution in [0.5, 0.6) is 5.75 Å². The Labute approximate surface area is 170 Å². The van der Waals surface area contributed by atoms with Crippen LogP contribution in [-0.2, 0) is 16.1 Å². The van der Waals surface area contributed by atoms with Gasteiger partial charge in [-0.15, -0.1) is 12.4 Å². The van der Waals surface area contributed by atoms with Crippen molar-refractivity contribution in [2.24, 2.45) is 11.1 Å². The number of nitrogens with two attached hydrogens (primary N) is 1. The van der Waals surface area contributed by atoms with Crippen LogP contribution in [0.3, 0.4) is 0 Å². The maximum atomic E-state index is 13.2. The minimum absolute atomic E-state index is 0. The summed E-state index contributed by atoms with van der Waals surface area (Å²) in [5.41, 5.74) is 7.71. The van der Waals surface area contributed by atoms with Gasteiger partial charge in [0.05, 0.1) is 5.41 Å². The first kappa shape index (κ1) is 22.1. The topological polar surface area (TPSA) is 73.6 Å². The predicted octanol–water partition coefficient (Wildman–Crippen LogP) is 3.83. The molecule has 1 aliphatic rings. The maximum Gasteiger partial charge on any atom is 0.232 e. The van der Waals surface area contributed by atoms with Gasteiger partial charge < -0.3 is 20.5 Å². The number of benzene rings is 2. The molecule has 3 N–H and O–H groups in total. The molecule has 1 fully saturated rings. The van der Waals surface area contributed by atoms with E-state index in [1.54, 1.807) is 12.1 Å². The summed E-state index contributed by atoms with van der Waals surface area (Å²) in [7, 11) is 0. The Hall–Kier alpha value is -2.15. The zero-order chi connectivity index (χ0) is 19.3. The smallest absolute Gasteiger partial charge is 0.232 e. The third-order valence-electron chi connectivity index (χ3n) is 5.06. The molecule has 7 heteroatoms. The Morgan fingerprint density at radius 3 is 2.64 bits per heavy atom. The lowest BCUT2D eigenvalue weighted by Gasteiger charge is -2.34. The van der Waals surface area contributed by atoms with Crippen LogP contribution in [-0.4, -0.2) is 25.7 Å². The molecule has 3 rings (SSSR count). The van der Waals surface area contributed by atoms with Gasteiger partial charge in [0.1, 0.15) is 18.2 Å². The molecular formula is C21H26ClFN2O3. The van der Waals surface area contributed by atoms with Crippen LogP contribution in [0.2, 0.25) is 0 Å². The van der Waals surface area contributed by atoms with Crippen molar-refractivity contribution in [2.75, 3.05) is 25.1 Å². The molecule has 0 radical (unpaired) electrons. The highest BCUT2D eigenvalue weighted by atomic mass is 35.5. The normalized spacial score (nSPS) is 15.4. The highest BCUT2D eigenvalue weighted by Crippen LogP contribution is 2.32. The molecule has 0 spiro atoms. The molecule has 0 unspecified atom stereocenters. The van der Waals surface area contributed by atoms with Gasteiger partial charge in [-0.25, -0.2) is 4.39 Å². The molecule has 5 nitrogen and oxygen atoms in total. The summed E-state index contributed by atoms with van der Waals surface area (Å²) in [4.78, 5) is 12.8. The van der Waals surface area contributed by atoms with Crippen molar-refractivity contribution >= 4 is 24.0 Å². The van der Waals surface area contributed by atoms with Gasteiger partial charge in [-0.2, -0.15) is 0 Å². The lowest BCUT2D eigenvalue weighted by atomic mass is 9.79. The van der Waals surface area contributed by atoms with Crippen LogP contribution < -0.4 is 15.8 Å². The molecule has 0 aromatic heterocycles. The summed E-state index contributed by atoms with van der Waals surface area (Å²) in [6.45, 7) is 3.59. The molecule has 2 aromatic rings. The SMILES string of the molecule is Cc1cc(OCc2cccc(F)c2)ccc1NC(=O)C1(CN)CCOCC1.Cl. The maximum absolute atomic E-state index is 13.2. The number of hydrogen-bond donors (Lipinski definition) is 2. The summed E-state index contributed by atoms with van der Waals surface area (Å²) in [5, 5.41) is 3.00. The molecule has 1 amide bonds. The van der Waals surface area contributed by atoms with E-state index in [9.17, 15) is 9.18 Å². The van der Waals surface area contributed by atoms with Gasteiger partial charge in [-0.1, -0.05) is 12.1 Å². The number of rotatable bonds is 6. The fourth-order valence-electron chi connectivity index (χ4n) is 3.20. The molecule has 0 aliphatic carbocycles. The molecule has 152 valence electrons.